The number of urea groups is 1. The molecule has 1 aliphatic heterocycles. The third-order valence-corrected chi connectivity index (χ3v) is 5.22. The highest BCUT2D eigenvalue weighted by atomic mass is 19.1. The number of aryl methyl sites for hydroxylation is 1. The van der Waals surface area contributed by atoms with Gasteiger partial charge in [-0.3, -0.25) is 14.5 Å². The molecule has 0 bridgehead atoms. The van der Waals surface area contributed by atoms with E-state index in [1.807, 2.05) is 0 Å². The van der Waals surface area contributed by atoms with Crippen LogP contribution < -0.4 is 24.8 Å². The number of carbonyl (C=O) groups excluding carboxylic acids is 3. The van der Waals surface area contributed by atoms with Gasteiger partial charge in [0.15, 0.2) is 11.5 Å². The van der Waals surface area contributed by atoms with E-state index >= 15 is 0 Å². The normalized spacial score (nSPS) is 17.8. The van der Waals surface area contributed by atoms with Gasteiger partial charge in [-0.25, -0.2) is 9.18 Å². The number of hydrogen-bond donors (Lipinski definition) is 2. The van der Waals surface area contributed by atoms with Crippen LogP contribution >= 0.6 is 0 Å². The van der Waals surface area contributed by atoms with Gasteiger partial charge in [0, 0.05) is 0 Å². The van der Waals surface area contributed by atoms with Crippen molar-refractivity contribution in [3.05, 3.63) is 47.3 Å². The highest BCUT2D eigenvalue weighted by Crippen LogP contribution is 2.42. The first kappa shape index (κ1) is 22.9. The summed E-state index contributed by atoms with van der Waals surface area (Å²) < 4.78 is 29.9. The first-order valence-corrected chi connectivity index (χ1v) is 9.65. The number of benzene rings is 2. The van der Waals surface area contributed by atoms with Gasteiger partial charge >= 0.3 is 6.03 Å². The summed E-state index contributed by atoms with van der Waals surface area (Å²) in [5.41, 5.74) is -0.465. The van der Waals surface area contributed by atoms with E-state index in [0.29, 0.717) is 28.4 Å². The van der Waals surface area contributed by atoms with E-state index in [0.717, 1.165) is 4.90 Å². The van der Waals surface area contributed by atoms with E-state index in [2.05, 4.69) is 10.6 Å². The van der Waals surface area contributed by atoms with Crippen molar-refractivity contribution in [1.29, 1.82) is 0 Å². The molecule has 2 N–H and O–H groups in total. The zero-order valence-corrected chi connectivity index (χ0v) is 18.4. The predicted octanol–water partition coefficient (Wildman–Crippen LogP) is 2.57. The summed E-state index contributed by atoms with van der Waals surface area (Å²) in [5, 5.41) is 4.99. The topological polar surface area (TPSA) is 106 Å². The SMILES string of the molecule is COc1cc([C@]2(C)NC(=O)N(CC(=O)Nc3ccc(C)cc3F)C2=O)cc(OC)c1OC. The molecule has 2 aromatic carbocycles. The van der Waals surface area contributed by atoms with E-state index < -0.39 is 35.7 Å². The number of rotatable bonds is 7. The Bertz CT molecular complexity index is 1060. The number of methoxy groups -OCH3 is 3. The number of anilines is 1. The maximum Gasteiger partial charge on any atom is 0.325 e. The summed E-state index contributed by atoms with van der Waals surface area (Å²) in [4.78, 5) is 38.9. The van der Waals surface area contributed by atoms with Crippen LogP contribution in [0.3, 0.4) is 0 Å². The van der Waals surface area contributed by atoms with Gasteiger partial charge in [0.1, 0.15) is 17.9 Å². The van der Waals surface area contributed by atoms with Gasteiger partial charge < -0.3 is 24.8 Å². The molecule has 32 heavy (non-hydrogen) atoms. The van der Waals surface area contributed by atoms with Crippen molar-refractivity contribution in [1.82, 2.24) is 10.2 Å². The second kappa shape index (κ2) is 8.74. The smallest absolute Gasteiger partial charge is 0.325 e. The molecule has 0 saturated carbocycles. The molecule has 1 saturated heterocycles. The minimum atomic E-state index is -1.49. The monoisotopic (exact) mass is 445 g/mol. The van der Waals surface area contributed by atoms with Crippen LogP contribution in [0.4, 0.5) is 14.9 Å². The van der Waals surface area contributed by atoms with Crippen LogP contribution in [0.1, 0.15) is 18.1 Å². The molecular weight excluding hydrogens is 421 g/mol. The Kier molecular flexibility index (Phi) is 6.24. The van der Waals surface area contributed by atoms with Crippen LogP contribution in [0.25, 0.3) is 0 Å². The van der Waals surface area contributed by atoms with Gasteiger partial charge in [-0.05, 0) is 49.2 Å². The number of halogens is 1. The van der Waals surface area contributed by atoms with E-state index in [-0.39, 0.29) is 5.69 Å². The van der Waals surface area contributed by atoms with E-state index in [1.165, 1.54) is 40.4 Å². The Morgan fingerprint density at radius 1 is 1.09 bits per heavy atom. The molecule has 0 unspecified atom stereocenters. The molecule has 10 heteroatoms. The van der Waals surface area contributed by atoms with Crippen molar-refractivity contribution < 1.29 is 33.0 Å². The second-order valence-corrected chi connectivity index (χ2v) is 7.39. The third-order valence-electron chi connectivity index (χ3n) is 5.22. The number of carbonyl (C=O) groups is 3. The minimum absolute atomic E-state index is 0.0416. The predicted molar refractivity (Wildman–Crippen MR) is 113 cm³/mol. The van der Waals surface area contributed by atoms with Crippen molar-refractivity contribution in [2.45, 2.75) is 19.4 Å². The molecule has 0 spiro atoms. The average Bonchev–Trinajstić information content (AvgIpc) is 2.98. The van der Waals surface area contributed by atoms with Gasteiger partial charge in [0.25, 0.3) is 5.91 Å². The lowest BCUT2D eigenvalue weighted by atomic mass is 9.91. The van der Waals surface area contributed by atoms with Crippen LogP contribution in [0, 0.1) is 12.7 Å². The Labute approximate surface area is 184 Å². The molecule has 0 aromatic heterocycles. The lowest BCUT2D eigenvalue weighted by Crippen LogP contribution is -2.42. The summed E-state index contributed by atoms with van der Waals surface area (Å²) in [7, 11) is 4.31. The summed E-state index contributed by atoms with van der Waals surface area (Å²) in [5.74, 6) is -1.05. The van der Waals surface area contributed by atoms with E-state index in [1.54, 1.807) is 25.1 Å². The number of imide groups is 1. The van der Waals surface area contributed by atoms with E-state index in [4.69, 9.17) is 14.2 Å². The van der Waals surface area contributed by atoms with Crippen LogP contribution in [0.15, 0.2) is 30.3 Å². The van der Waals surface area contributed by atoms with Crippen LogP contribution in [0.2, 0.25) is 0 Å². The lowest BCUT2D eigenvalue weighted by Gasteiger charge is -2.24. The summed E-state index contributed by atoms with van der Waals surface area (Å²) in [6, 6.07) is 6.65. The first-order chi connectivity index (χ1) is 15.1. The van der Waals surface area contributed by atoms with Crippen LogP contribution in [-0.2, 0) is 15.1 Å². The maximum absolute atomic E-state index is 14.0. The van der Waals surface area contributed by atoms with E-state index in [9.17, 15) is 18.8 Å². The quantitative estimate of drug-likeness (QED) is 0.635. The molecule has 1 fully saturated rings. The molecule has 1 heterocycles. The molecule has 0 radical (unpaired) electrons. The Morgan fingerprint density at radius 3 is 2.25 bits per heavy atom. The van der Waals surface area contributed by atoms with Gasteiger partial charge in [0.2, 0.25) is 11.7 Å². The van der Waals surface area contributed by atoms with Crippen LogP contribution in [0.5, 0.6) is 17.2 Å². The Balaban J connectivity index is 1.85. The molecule has 170 valence electrons. The van der Waals surface area contributed by atoms with Gasteiger partial charge in [-0.1, -0.05) is 6.07 Å². The molecular formula is C22H24FN3O6. The number of nitrogens with one attached hydrogen (secondary N) is 2. The molecule has 9 nitrogen and oxygen atoms in total. The zero-order valence-electron chi connectivity index (χ0n) is 18.4. The summed E-state index contributed by atoms with van der Waals surface area (Å²) >= 11 is 0. The summed E-state index contributed by atoms with van der Waals surface area (Å²) in [6.07, 6.45) is 0. The zero-order chi connectivity index (χ0) is 23.6. The second-order valence-electron chi connectivity index (χ2n) is 7.39. The number of hydrogen-bond acceptors (Lipinski definition) is 6. The van der Waals surface area contributed by atoms with Crippen molar-refractivity contribution in [3.63, 3.8) is 0 Å². The lowest BCUT2D eigenvalue weighted by molar-refractivity contribution is -0.133. The molecule has 3 rings (SSSR count). The number of ether oxygens (including phenoxy) is 3. The van der Waals surface area contributed by atoms with Crippen molar-refractivity contribution in [2.75, 3.05) is 33.2 Å². The fourth-order valence-electron chi connectivity index (χ4n) is 3.46. The van der Waals surface area contributed by atoms with Crippen molar-refractivity contribution >= 4 is 23.5 Å². The Hall–Kier alpha value is -3.82. The first-order valence-electron chi connectivity index (χ1n) is 9.65. The fourth-order valence-corrected chi connectivity index (χ4v) is 3.46. The summed E-state index contributed by atoms with van der Waals surface area (Å²) in [6.45, 7) is 2.63. The fraction of sp³-hybridized carbons (Fsp3) is 0.318. The third kappa shape index (κ3) is 4.03. The molecule has 1 atom stereocenters. The molecule has 1 aliphatic rings. The number of nitrogens with zero attached hydrogens (tertiary/aromatic N) is 1. The van der Waals surface area contributed by atoms with Gasteiger partial charge in [0.05, 0.1) is 27.0 Å². The Morgan fingerprint density at radius 2 is 1.72 bits per heavy atom. The van der Waals surface area contributed by atoms with Crippen molar-refractivity contribution in [2.24, 2.45) is 0 Å². The molecule has 0 aliphatic carbocycles. The maximum atomic E-state index is 14.0. The highest BCUT2D eigenvalue weighted by Gasteiger charge is 2.50. The molecule has 4 amide bonds. The van der Waals surface area contributed by atoms with Gasteiger partial charge in [-0.15, -0.1) is 0 Å². The largest absolute Gasteiger partial charge is 0.493 e. The van der Waals surface area contributed by atoms with Gasteiger partial charge in [-0.2, -0.15) is 0 Å². The highest BCUT2D eigenvalue weighted by molar-refractivity contribution is 6.10. The standard InChI is InChI=1S/C22H24FN3O6/c1-12-6-7-15(14(23)8-12)24-18(27)11-26-20(28)22(2,25-21(26)29)13-9-16(30-3)19(32-5)17(10-13)31-4/h6-10H,11H2,1-5H3,(H,24,27)(H,25,29)/t22-/m0/s1. The number of amides is 4. The van der Waals surface area contributed by atoms with Crippen LogP contribution in [-0.4, -0.2) is 50.6 Å². The molecule has 2 aromatic rings. The minimum Gasteiger partial charge on any atom is -0.493 e. The average molecular weight is 445 g/mol. The van der Waals surface area contributed by atoms with Crippen molar-refractivity contribution in [3.8, 4) is 17.2 Å².